The zero-order chi connectivity index (χ0) is 11.4. The maximum absolute atomic E-state index is 5.84. The van der Waals surface area contributed by atoms with Crippen LogP contribution in [0.4, 0.5) is 0 Å². The van der Waals surface area contributed by atoms with Crippen molar-refractivity contribution >= 4 is 0 Å². The summed E-state index contributed by atoms with van der Waals surface area (Å²) in [7, 11) is 2.11. The summed E-state index contributed by atoms with van der Waals surface area (Å²) < 4.78 is 2.15. The van der Waals surface area contributed by atoms with Gasteiger partial charge < -0.3 is 10.3 Å². The molecule has 1 aromatic heterocycles. The first-order chi connectivity index (χ1) is 7.11. The van der Waals surface area contributed by atoms with Gasteiger partial charge in [-0.25, -0.2) is 4.98 Å². The van der Waals surface area contributed by atoms with Crippen LogP contribution >= 0.6 is 0 Å². The molecule has 0 aliphatic carbocycles. The number of imidazole rings is 1. The maximum atomic E-state index is 5.84. The molecule has 4 heteroatoms. The van der Waals surface area contributed by atoms with Gasteiger partial charge in [-0.1, -0.05) is 0 Å². The number of hydrogen-bond acceptors (Lipinski definition) is 3. The summed E-state index contributed by atoms with van der Waals surface area (Å²) in [5.74, 6) is 0. The lowest BCUT2D eigenvalue weighted by molar-refractivity contribution is 0.194. The third-order valence-corrected chi connectivity index (χ3v) is 2.96. The van der Waals surface area contributed by atoms with Crippen LogP contribution in [-0.2, 0) is 6.54 Å². The summed E-state index contributed by atoms with van der Waals surface area (Å²) in [5, 5.41) is 0. The van der Waals surface area contributed by atoms with E-state index in [1.165, 1.54) is 5.69 Å². The SMILES string of the molecule is CCn1cncc1C(CN)N(C)C(C)C. The largest absolute Gasteiger partial charge is 0.333 e. The lowest BCUT2D eigenvalue weighted by Gasteiger charge is -2.30. The number of aryl methyl sites for hydroxylation is 1. The molecular weight excluding hydrogens is 188 g/mol. The molecule has 15 heavy (non-hydrogen) atoms. The van der Waals surface area contributed by atoms with Crippen molar-refractivity contribution in [1.29, 1.82) is 0 Å². The van der Waals surface area contributed by atoms with Crippen molar-refractivity contribution in [1.82, 2.24) is 14.5 Å². The summed E-state index contributed by atoms with van der Waals surface area (Å²) in [6, 6.07) is 0.742. The van der Waals surface area contributed by atoms with Crippen molar-refractivity contribution in [3.63, 3.8) is 0 Å². The third-order valence-electron chi connectivity index (χ3n) is 2.96. The Balaban J connectivity index is 2.91. The van der Waals surface area contributed by atoms with E-state index in [1.807, 2.05) is 12.5 Å². The van der Waals surface area contributed by atoms with Gasteiger partial charge in [-0.15, -0.1) is 0 Å². The second kappa shape index (κ2) is 5.28. The molecule has 0 aromatic carbocycles. The van der Waals surface area contributed by atoms with Crippen molar-refractivity contribution in [3.8, 4) is 0 Å². The number of likely N-dealkylation sites (N-methyl/N-ethyl adjacent to an activating group) is 1. The molecule has 2 N–H and O–H groups in total. The molecule has 0 spiro atoms. The topological polar surface area (TPSA) is 47.1 Å². The van der Waals surface area contributed by atoms with E-state index in [-0.39, 0.29) is 6.04 Å². The van der Waals surface area contributed by atoms with Crippen LogP contribution < -0.4 is 5.73 Å². The first-order valence-electron chi connectivity index (χ1n) is 5.53. The zero-order valence-corrected chi connectivity index (χ0v) is 10.1. The fourth-order valence-corrected chi connectivity index (χ4v) is 1.73. The van der Waals surface area contributed by atoms with Crippen molar-refractivity contribution in [2.24, 2.45) is 5.73 Å². The van der Waals surface area contributed by atoms with Gasteiger partial charge in [-0.05, 0) is 27.8 Å². The number of nitrogens with two attached hydrogens (primary N) is 1. The predicted octanol–water partition coefficient (Wildman–Crippen LogP) is 1.24. The van der Waals surface area contributed by atoms with E-state index in [1.54, 1.807) is 0 Å². The molecule has 1 rings (SSSR count). The van der Waals surface area contributed by atoms with Gasteiger partial charge in [-0.3, -0.25) is 4.90 Å². The minimum absolute atomic E-state index is 0.257. The number of nitrogens with zero attached hydrogens (tertiary/aromatic N) is 3. The normalized spacial score (nSPS) is 13.8. The second-order valence-electron chi connectivity index (χ2n) is 4.12. The lowest BCUT2D eigenvalue weighted by atomic mass is 10.1. The molecule has 1 unspecified atom stereocenters. The minimum Gasteiger partial charge on any atom is -0.333 e. The molecule has 0 saturated heterocycles. The summed E-state index contributed by atoms with van der Waals surface area (Å²) >= 11 is 0. The lowest BCUT2D eigenvalue weighted by Crippen LogP contribution is -2.36. The summed E-state index contributed by atoms with van der Waals surface area (Å²) in [6.07, 6.45) is 3.78. The predicted molar refractivity (Wildman–Crippen MR) is 62.6 cm³/mol. The van der Waals surface area contributed by atoms with Crippen LogP contribution in [0.3, 0.4) is 0 Å². The molecule has 0 aliphatic heterocycles. The average molecular weight is 210 g/mol. The molecule has 0 amide bonds. The zero-order valence-electron chi connectivity index (χ0n) is 10.1. The van der Waals surface area contributed by atoms with Crippen LogP contribution in [0.15, 0.2) is 12.5 Å². The molecule has 1 atom stereocenters. The number of rotatable bonds is 5. The van der Waals surface area contributed by atoms with E-state index in [0.29, 0.717) is 12.6 Å². The third kappa shape index (κ3) is 2.58. The number of aromatic nitrogens is 2. The van der Waals surface area contributed by atoms with E-state index in [4.69, 9.17) is 5.73 Å². The average Bonchev–Trinajstić information content (AvgIpc) is 2.66. The molecule has 86 valence electrons. The molecule has 1 heterocycles. The van der Waals surface area contributed by atoms with E-state index in [0.717, 1.165) is 6.54 Å². The Morgan fingerprint density at radius 3 is 2.67 bits per heavy atom. The summed E-state index contributed by atoms with van der Waals surface area (Å²) in [4.78, 5) is 6.47. The highest BCUT2D eigenvalue weighted by molar-refractivity contribution is 5.06. The van der Waals surface area contributed by atoms with Crippen LogP contribution in [0.1, 0.15) is 32.5 Å². The molecule has 0 aliphatic rings. The van der Waals surface area contributed by atoms with Gasteiger partial charge >= 0.3 is 0 Å². The Morgan fingerprint density at radius 1 is 1.53 bits per heavy atom. The second-order valence-corrected chi connectivity index (χ2v) is 4.12. The van der Waals surface area contributed by atoms with E-state index in [9.17, 15) is 0 Å². The van der Waals surface area contributed by atoms with E-state index >= 15 is 0 Å². The van der Waals surface area contributed by atoms with E-state index in [2.05, 4.69) is 42.3 Å². The van der Waals surface area contributed by atoms with Crippen LogP contribution in [0.25, 0.3) is 0 Å². The van der Waals surface area contributed by atoms with Crippen LogP contribution in [0, 0.1) is 0 Å². The van der Waals surface area contributed by atoms with Crippen LogP contribution in [0.5, 0.6) is 0 Å². The Hall–Kier alpha value is -0.870. The van der Waals surface area contributed by atoms with E-state index < -0.39 is 0 Å². The van der Waals surface area contributed by atoms with Gasteiger partial charge in [0.15, 0.2) is 0 Å². The van der Waals surface area contributed by atoms with Gasteiger partial charge in [0.2, 0.25) is 0 Å². The molecule has 0 radical (unpaired) electrons. The highest BCUT2D eigenvalue weighted by Gasteiger charge is 2.20. The molecule has 1 aromatic rings. The molecular formula is C11H22N4. The highest BCUT2D eigenvalue weighted by Crippen LogP contribution is 2.19. The minimum atomic E-state index is 0.257. The summed E-state index contributed by atoms with van der Waals surface area (Å²) in [6.45, 7) is 8.04. The maximum Gasteiger partial charge on any atom is 0.0948 e. The molecule has 0 bridgehead atoms. The highest BCUT2D eigenvalue weighted by atomic mass is 15.2. The van der Waals surface area contributed by atoms with Crippen LogP contribution in [-0.4, -0.2) is 34.1 Å². The first-order valence-corrected chi connectivity index (χ1v) is 5.53. The summed E-state index contributed by atoms with van der Waals surface area (Å²) in [5.41, 5.74) is 7.05. The monoisotopic (exact) mass is 210 g/mol. The van der Waals surface area contributed by atoms with Crippen molar-refractivity contribution in [2.75, 3.05) is 13.6 Å². The van der Waals surface area contributed by atoms with Gasteiger partial charge in [0, 0.05) is 25.3 Å². The van der Waals surface area contributed by atoms with Gasteiger partial charge in [0.05, 0.1) is 18.1 Å². The van der Waals surface area contributed by atoms with Crippen molar-refractivity contribution < 1.29 is 0 Å². The Kier molecular flexibility index (Phi) is 4.29. The standard InChI is InChI=1S/C11H22N4/c1-5-15-8-13-7-11(15)10(6-12)14(4)9(2)3/h7-10H,5-6,12H2,1-4H3. The number of hydrogen-bond donors (Lipinski definition) is 1. The van der Waals surface area contributed by atoms with Gasteiger partial charge in [0.1, 0.15) is 0 Å². The van der Waals surface area contributed by atoms with Crippen molar-refractivity contribution in [3.05, 3.63) is 18.2 Å². The smallest absolute Gasteiger partial charge is 0.0948 e. The molecule has 0 fully saturated rings. The van der Waals surface area contributed by atoms with Gasteiger partial charge in [0.25, 0.3) is 0 Å². The fourth-order valence-electron chi connectivity index (χ4n) is 1.73. The Labute approximate surface area is 92.1 Å². The molecule has 0 saturated carbocycles. The quantitative estimate of drug-likeness (QED) is 0.795. The Bertz CT molecular complexity index is 293. The first kappa shape index (κ1) is 12.2. The van der Waals surface area contributed by atoms with Crippen LogP contribution in [0.2, 0.25) is 0 Å². The Morgan fingerprint density at radius 2 is 2.20 bits per heavy atom. The van der Waals surface area contributed by atoms with Gasteiger partial charge in [-0.2, -0.15) is 0 Å². The molecule has 4 nitrogen and oxygen atoms in total. The fraction of sp³-hybridized carbons (Fsp3) is 0.727. The van der Waals surface area contributed by atoms with Crippen molar-refractivity contribution in [2.45, 2.75) is 39.4 Å².